The molecule has 0 saturated heterocycles. The van der Waals surface area contributed by atoms with Gasteiger partial charge in [-0.25, -0.2) is 9.97 Å². The smallest absolute Gasteiger partial charge is 0.270 e. The van der Waals surface area contributed by atoms with E-state index in [4.69, 9.17) is 14.5 Å². The number of carbonyl (C=O) groups excluding carboxylic acids is 1. The van der Waals surface area contributed by atoms with Crippen molar-refractivity contribution in [1.29, 1.82) is 0 Å². The van der Waals surface area contributed by atoms with Gasteiger partial charge in [-0.15, -0.1) is 11.3 Å². The Kier molecular flexibility index (Phi) is 6.84. The van der Waals surface area contributed by atoms with Gasteiger partial charge >= 0.3 is 0 Å². The normalized spacial score (nSPS) is 21.6. The van der Waals surface area contributed by atoms with Gasteiger partial charge < -0.3 is 14.8 Å². The van der Waals surface area contributed by atoms with E-state index in [1.807, 2.05) is 0 Å². The number of amides is 1. The van der Waals surface area contributed by atoms with E-state index < -0.39 is 0 Å². The number of rotatable bonds is 7. The van der Waals surface area contributed by atoms with Crippen LogP contribution in [0.3, 0.4) is 0 Å². The number of hydrogen-bond acceptors (Lipinski definition) is 7. The number of thiazole rings is 1. The molecule has 0 aliphatic heterocycles. The van der Waals surface area contributed by atoms with E-state index in [1.165, 1.54) is 11.3 Å². The van der Waals surface area contributed by atoms with Gasteiger partial charge in [-0.05, 0) is 51.4 Å². The van der Waals surface area contributed by atoms with Crippen molar-refractivity contribution in [1.82, 2.24) is 20.3 Å². The summed E-state index contributed by atoms with van der Waals surface area (Å²) in [6.07, 6.45) is 9.79. The molecule has 2 heterocycles. The second-order valence-electron chi connectivity index (χ2n) is 7.70. The number of nitrogens with one attached hydrogen (secondary N) is 1. The van der Waals surface area contributed by atoms with Crippen LogP contribution in [0.1, 0.15) is 60.3 Å². The van der Waals surface area contributed by atoms with Crippen molar-refractivity contribution >= 4 is 17.2 Å². The molecular weight excluding hydrogens is 388 g/mol. The molecule has 1 N–H and O–H groups in total. The first-order valence-electron chi connectivity index (χ1n) is 10.4. The zero-order chi connectivity index (χ0) is 20.1. The highest BCUT2D eigenvalue weighted by molar-refractivity contribution is 7.13. The Morgan fingerprint density at radius 2 is 2.00 bits per heavy atom. The Hall–Kier alpha value is -1.90. The van der Waals surface area contributed by atoms with Crippen LogP contribution in [0, 0.1) is 0 Å². The molecule has 1 amide bonds. The molecule has 2 aliphatic rings. The fourth-order valence-corrected chi connectivity index (χ4v) is 4.70. The molecule has 0 bridgehead atoms. The number of aryl methyl sites for hydroxylation is 1. The Labute approximate surface area is 175 Å². The summed E-state index contributed by atoms with van der Waals surface area (Å²) in [6.45, 7) is 1.25. The Balaban J connectivity index is 1.44. The van der Waals surface area contributed by atoms with E-state index in [9.17, 15) is 4.79 Å². The molecule has 0 spiro atoms. The second kappa shape index (κ2) is 9.73. The third-order valence-corrected chi connectivity index (χ3v) is 6.47. The predicted octanol–water partition coefficient (Wildman–Crippen LogP) is 3.18. The maximum atomic E-state index is 13.1. The lowest BCUT2D eigenvalue weighted by Gasteiger charge is -2.29. The minimum atomic E-state index is -0.0694. The molecule has 1 fully saturated rings. The van der Waals surface area contributed by atoms with Gasteiger partial charge in [0.2, 0.25) is 0 Å². The summed E-state index contributed by atoms with van der Waals surface area (Å²) in [7, 11) is 1.68. The van der Waals surface area contributed by atoms with Gasteiger partial charge in [0.25, 0.3) is 5.91 Å². The van der Waals surface area contributed by atoms with Crippen LogP contribution in [-0.2, 0) is 22.3 Å². The third kappa shape index (κ3) is 4.99. The molecular formula is C21H28N4O3S. The van der Waals surface area contributed by atoms with Gasteiger partial charge in [-0.2, -0.15) is 0 Å². The Morgan fingerprint density at radius 3 is 2.76 bits per heavy atom. The summed E-state index contributed by atoms with van der Waals surface area (Å²) < 4.78 is 10.9. The lowest BCUT2D eigenvalue weighted by Crippen LogP contribution is -2.40. The fourth-order valence-electron chi connectivity index (χ4n) is 4.14. The average Bonchev–Trinajstić information content (AvgIpc) is 3.29. The standard InChI is InChI=1S/C21H28N4O3S/c1-27-10-11-28-15-8-6-14(7-9-15)23-21(26)19-16-4-2-3-5-17(16)24-20(25-19)18-12-22-13-29-18/h12-15H,2-11H2,1H3,(H,23,26)/t14-,15-. The molecule has 0 radical (unpaired) electrons. The third-order valence-electron chi connectivity index (χ3n) is 5.70. The molecule has 0 aromatic carbocycles. The van der Waals surface area contributed by atoms with Crippen molar-refractivity contribution in [3.8, 4) is 10.7 Å². The number of carbonyl (C=O) groups is 1. The molecule has 4 rings (SSSR count). The fraction of sp³-hybridized carbons (Fsp3) is 0.619. The quantitative estimate of drug-likeness (QED) is 0.698. The lowest BCUT2D eigenvalue weighted by atomic mass is 9.92. The molecule has 156 valence electrons. The van der Waals surface area contributed by atoms with E-state index in [1.54, 1.807) is 18.8 Å². The molecule has 0 atom stereocenters. The molecule has 29 heavy (non-hydrogen) atoms. The van der Waals surface area contributed by atoms with E-state index in [0.29, 0.717) is 24.7 Å². The highest BCUT2D eigenvalue weighted by Crippen LogP contribution is 2.28. The minimum absolute atomic E-state index is 0.0694. The van der Waals surface area contributed by atoms with Crippen molar-refractivity contribution in [2.24, 2.45) is 0 Å². The van der Waals surface area contributed by atoms with Crippen LogP contribution >= 0.6 is 11.3 Å². The SMILES string of the molecule is COCCO[C@H]1CC[C@H](NC(=O)c2nc(-c3cncs3)nc3c2CCCC3)CC1. The van der Waals surface area contributed by atoms with Crippen LogP contribution in [0.25, 0.3) is 10.7 Å². The lowest BCUT2D eigenvalue weighted by molar-refractivity contribution is -0.00409. The number of hydrogen-bond donors (Lipinski definition) is 1. The molecule has 1 saturated carbocycles. The summed E-state index contributed by atoms with van der Waals surface area (Å²) >= 11 is 1.50. The first-order valence-corrected chi connectivity index (χ1v) is 11.3. The molecule has 2 aliphatic carbocycles. The van der Waals surface area contributed by atoms with Crippen LogP contribution in [0.15, 0.2) is 11.7 Å². The number of aromatic nitrogens is 3. The van der Waals surface area contributed by atoms with Crippen molar-refractivity contribution in [3.63, 3.8) is 0 Å². The van der Waals surface area contributed by atoms with Crippen LogP contribution in [-0.4, -0.2) is 53.3 Å². The number of fused-ring (bicyclic) bond motifs is 1. The van der Waals surface area contributed by atoms with E-state index in [0.717, 1.165) is 67.5 Å². The number of methoxy groups -OCH3 is 1. The topological polar surface area (TPSA) is 86.2 Å². The summed E-state index contributed by atoms with van der Waals surface area (Å²) in [6, 6.07) is 0.172. The zero-order valence-corrected chi connectivity index (χ0v) is 17.7. The van der Waals surface area contributed by atoms with Crippen LogP contribution < -0.4 is 5.32 Å². The summed E-state index contributed by atoms with van der Waals surface area (Å²) in [4.78, 5) is 27.6. The average molecular weight is 417 g/mol. The zero-order valence-electron chi connectivity index (χ0n) is 16.9. The number of ether oxygens (including phenoxy) is 2. The Morgan fingerprint density at radius 1 is 1.17 bits per heavy atom. The first kappa shape index (κ1) is 20.4. The maximum absolute atomic E-state index is 13.1. The second-order valence-corrected chi connectivity index (χ2v) is 8.59. The van der Waals surface area contributed by atoms with Crippen molar-refractivity contribution in [3.05, 3.63) is 28.7 Å². The highest BCUT2D eigenvalue weighted by Gasteiger charge is 2.27. The van der Waals surface area contributed by atoms with Crippen LogP contribution in [0.4, 0.5) is 0 Å². The van der Waals surface area contributed by atoms with Crippen molar-refractivity contribution in [2.75, 3.05) is 20.3 Å². The van der Waals surface area contributed by atoms with E-state index in [-0.39, 0.29) is 18.1 Å². The summed E-state index contributed by atoms with van der Waals surface area (Å²) in [5, 5.41) is 3.22. The van der Waals surface area contributed by atoms with Gasteiger partial charge in [-0.3, -0.25) is 9.78 Å². The van der Waals surface area contributed by atoms with Crippen molar-refractivity contribution in [2.45, 2.75) is 63.5 Å². The van der Waals surface area contributed by atoms with E-state index in [2.05, 4.69) is 15.3 Å². The highest BCUT2D eigenvalue weighted by atomic mass is 32.1. The Bertz CT molecular complexity index is 820. The largest absolute Gasteiger partial charge is 0.382 e. The number of nitrogens with zero attached hydrogens (tertiary/aromatic N) is 3. The van der Waals surface area contributed by atoms with Gasteiger partial charge in [0.1, 0.15) is 5.69 Å². The monoisotopic (exact) mass is 416 g/mol. The van der Waals surface area contributed by atoms with Crippen LogP contribution in [0.2, 0.25) is 0 Å². The molecule has 8 heteroatoms. The van der Waals surface area contributed by atoms with Gasteiger partial charge in [-0.1, -0.05) is 0 Å². The molecule has 2 aromatic heterocycles. The molecule has 2 aromatic rings. The first-order chi connectivity index (χ1) is 14.2. The predicted molar refractivity (Wildman–Crippen MR) is 111 cm³/mol. The summed E-state index contributed by atoms with van der Waals surface area (Å²) in [5.41, 5.74) is 4.37. The van der Waals surface area contributed by atoms with Gasteiger partial charge in [0, 0.05) is 30.6 Å². The van der Waals surface area contributed by atoms with Gasteiger partial charge in [0.05, 0.1) is 29.7 Å². The molecule has 7 nitrogen and oxygen atoms in total. The van der Waals surface area contributed by atoms with Gasteiger partial charge in [0.15, 0.2) is 5.82 Å². The van der Waals surface area contributed by atoms with Crippen molar-refractivity contribution < 1.29 is 14.3 Å². The summed E-state index contributed by atoms with van der Waals surface area (Å²) in [5.74, 6) is 0.550. The van der Waals surface area contributed by atoms with Crippen LogP contribution in [0.5, 0.6) is 0 Å². The maximum Gasteiger partial charge on any atom is 0.270 e. The van der Waals surface area contributed by atoms with E-state index >= 15 is 0 Å². The molecule has 0 unspecified atom stereocenters. The minimum Gasteiger partial charge on any atom is -0.382 e.